The minimum absolute atomic E-state index is 0.0145. The third-order valence-electron chi connectivity index (χ3n) is 3.52. The molecule has 1 saturated heterocycles. The van der Waals surface area contributed by atoms with Gasteiger partial charge in [-0.25, -0.2) is 4.79 Å². The zero-order valence-corrected chi connectivity index (χ0v) is 12.9. The molecule has 0 aromatic heterocycles. The molecular weight excluding hydrogens is 329 g/mol. The number of amides is 2. The van der Waals surface area contributed by atoms with Crippen LogP contribution in [0.2, 0.25) is 0 Å². The molecule has 1 aromatic rings. The molecule has 0 radical (unpaired) electrons. The number of cyclic esters (lactones) is 1. The first kappa shape index (κ1) is 18.1. The molecule has 1 aliphatic heterocycles. The first-order valence-corrected chi connectivity index (χ1v) is 7.19. The Morgan fingerprint density at radius 2 is 2.04 bits per heavy atom. The average Bonchev–Trinajstić information content (AvgIpc) is 2.88. The van der Waals surface area contributed by atoms with E-state index in [0.29, 0.717) is 12.2 Å². The second-order valence-electron chi connectivity index (χ2n) is 5.20. The Labute approximate surface area is 136 Å². The summed E-state index contributed by atoms with van der Waals surface area (Å²) in [5.74, 6) is -0.398. The van der Waals surface area contributed by atoms with Crippen molar-refractivity contribution in [3.8, 4) is 0 Å². The van der Waals surface area contributed by atoms with Crippen molar-refractivity contribution in [2.45, 2.75) is 18.8 Å². The molecule has 0 bridgehead atoms. The fourth-order valence-electron chi connectivity index (χ4n) is 2.23. The van der Waals surface area contributed by atoms with E-state index in [-0.39, 0.29) is 19.7 Å². The van der Waals surface area contributed by atoms with E-state index in [1.54, 1.807) is 0 Å². The van der Waals surface area contributed by atoms with E-state index in [2.05, 4.69) is 5.32 Å². The summed E-state index contributed by atoms with van der Waals surface area (Å²) in [5, 5.41) is 2.60. The fourth-order valence-corrected chi connectivity index (χ4v) is 2.23. The Morgan fingerprint density at radius 1 is 1.38 bits per heavy atom. The molecule has 1 N–H and O–H groups in total. The summed E-state index contributed by atoms with van der Waals surface area (Å²) in [6, 6.07) is 3.59. The standard InChI is InChI=1S/C15H17F3N2O4/c1-23-7-6-19-13(21)12-9-24-14(22)20(12)8-10-2-4-11(5-3-10)15(16,17)18/h2-5,12H,6-9H2,1H3,(H,19,21)/t12-/m0/s1. The molecule has 0 saturated carbocycles. The highest BCUT2D eigenvalue weighted by molar-refractivity contribution is 5.87. The number of hydrogen-bond acceptors (Lipinski definition) is 4. The van der Waals surface area contributed by atoms with Gasteiger partial charge in [0.2, 0.25) is 5.91 Å². The van der Waals surface area contributed by atoms with Crippen LogP contribution in [-0.4, -0.2) is 49.8 Å². The number of rotatable bonds is 6. The van der Waals surface area contributed by atoms with Gasteiger partial charge in [-0.1, -0.05) is 12.1 Å². The van der Waals surface area contributed by atoms with Gasteiger partial charge >= 0.3 is 12.3 Å². The number of hydrogen-bond donors (Lipinski definition) is 1. The quantitative estimate of drug-likeness (QED) is 0.798. The van der Waals surface area contributed by atoms with Crippen molar-refractivity contribution in [3.63, 3.8) is 0 Å². The van der Waals surface area contributed by atoms with Gasteiger partial charge < -0.3 is 14.8 Å². The van der Waals surface area contributed by atoms with Crippen LogP contribution in [0.15, 0.2) is 24.3 Å². The summed E-state index contributed by atoms with van der Waals surface area (Å²) in [5.41, 5.74) is -0.305. The molecule has 2 amide bonds. The van der Waals surface area contributed by atoms with Crippen LogP contribution in [0.25, 0.3) is 0 Å². The summed E-state index contributed by atoms with van der Waals surface area (Å²) >= 11 is 0. The maximum absolute atomic E-state index is 12.6. The lowest BCUT2D eigenvalue weighted by Gasteiger charge is -2.21. The average molecular weight is 346 g/mol. The van der Waals surface area contributed by atoms with Crippen molar-refractivity contribution >= 4 is 12.0 Å². The first-order chi connectivity index (χ1) is 11.3. The van der Waals surface area contributed by atoms with Crippen molar-refractivity contribution in [2.24, 2.45) is 0 Å². The highest BCUT2D eigenvalue weighted by Gasteiger charge is 2.38. The molecule has 1 aromatic carbocycles. The third-order valence-corrected chi connectivity index (χ3v) is 3.52. The zero-order chi connectivity index (χ0) is 17.7. The fraction of sp³-hybridized carbons (Fsp3) is 0.467. The topological polar surface area (TPSA) is 67.9 Å². The van der Waals surface area contributed by atoms with Gasteiger partial charge in [0.25, 0.3) is 0 Å². The van der Waals surface area contributed by atoms with E-state index in [4.69, 9.17) is 9.47 Å². The molecule has 1 aliphatic rings. The van der Waals surface area contributed by atoms with E-state index in [1.807, 2.05) is 0 Å². The molecule has 0 spiro atoms. The molecule has 132 valence electrons. The van der Waals surface area contributed by atoms with Crippen molar-refractivity contribution in [1.29, 1.82) is 0 Å². The van der Waals surface area contributed by atoms with Gasteiger partial charge in [0, 0.05) is 13.7 Å². The smallest absolute Gasteiger partial charge is 0.416 e. The molecule has 1 fully saturated rings. The van der Waals surface area contributed by atoms with Crippen LogP contribution in [-0.2, 0) is 27.0 Å². The maximum Gasteiger partial charge on any atom is 0.416 e. The molecule has 2 rings (SSSR count). The lowest BCUT2D eigenvalue weighted by molar-refractivity contribution is -0.137. The minimum atomic E-state index is -4.42. The Morgan fingerprint density at radius 3 is 2.62 bits per heavy atom. The predicted molar refractivity (Wildman–Crippen MR) is 77.0 cm³/mol. The number of halogens is 3. The lowest BCUT2D eigenvalue weighted by Crippen LogP contribution is -2.46. The van der Waals surface area contributed by atoms with Crippen molar-refractivity contribution < 1.29 is 32.2 Å². The largest absolute Gasteiger partial charge is 0.447 e. The number of alkyl halides is 3. The SMILES string of the molecule is COCCNC(=O)[C@@H]1COC(=O)N1Cc1ccc(C(F)(F)F)cc1. The molecule has 24 heavy (non-hydrogen) atoms. The number of carbonyl (C=O) groups is 2. The van der Waals surface area contributed by atoms with Gasteiger partial charge in [-0.3, -0.25) is 9.69 Å². The summed E-state index contributed by atoms with van der Waals surface area (Å²) < 4.78 is 47.4. The number of nitrogens with zero attached hydrogens (tertiary/aromatic N) is 1. The van der Waals surface area contributed by atoms with Crippen molar-refractivity contribution in [1.82, 2.24) is 10.2 Å². The van der Waals surface area contributed by atoms with Gasteiger partial charge in [-0.05, 0) is 17.7 Å². The Kier molecular flexibility index (Phi) is 5.66. The predicted octanol–water partition coefficient (Wildman–Crippen LogP) is 1.79. The summed E-state index contributed by atoms with van der Waals surface area (Å²) in [6.45, 7) is 0.498. The lowest BCUT2D eigenvalue weighted by atomic mass is 10.1. The molecule has 0 unspecified atom stereocenters. The van der Waals surface area contributed by atoms with Gasteiger partial charge in [0.05, 0.1) is 18.7 Å². The molecule has 6 nitrogen and oxygen atoms in total. The second kappa shape index (κ2) is 7.52. The number of carbonyl (C=O) groups excluding carboxylic acids is 2. The highest BCUT2D eigenvalue weighted by Crippen LogP contribution is 2.29. The Hall–Kier alpha value is -2.29. The van der Waals surface area contributed by atoms with Crippen LogP contribution in [0.1, 0.15) is 11.1 Å². The normalized spacial score (nSPS) is 17.8. The number of ether oxygens (including phenoxy) is 2. The monoisotopic (exact) mass is 346 g/mol. The van der Waals surface area contributed by atoms with E-state index < -0.39 is 29.8 Å². The Balaban J connectivity index is 2.03. The molecule has 1 heterocycles. The number of methoxy groups -OCH3 is 1. The van der Waals surface area contributed by atoms with Crippen LogP contribution in [0.4, 0.5) is 18.0 Å². The van der Waals surface area contributed by atoms with Crippen molar-refractivity contribution in [3.05, 3.63) is 35.4 Å². The number of nitrogens with one attached hydrogen (secondary N) is 1. The van der Waals surface area contributed by atoms with Crippen molar-refractivity contribution in [2.75, 3.05) is 26.9 Å². The third kappa shape index (κ3) is 4.38. The van der Waals surface area contributed by atoms with E-state index in [1.165, 1.54) is 24.1 Å². The van der Waals surface area contributed by atoms with E-state index in [0.717, 1.165) is 12.1 Å². The summed E-state index contributed by atoms with van der Waals surface area (Å²) in [7, 11) is 1.49. The number of benzene rings is 1. The maximum atomic E-state index is 12.6. The first-order valence-electron chi connectivity index (χ1n) is 7.19. The summed E-state index contributed by atoms with van der Waals surface area (Å²) in [4.78, 5) is 25.0. The molecule has 0 aliphatic carbocycles. The van der Waals surface area contributed by atoms with Gasteiger partial charge in [-0.2, -0.15) is 13.2 Å². The van der Waals surface area contributed by atoms with Crippen LogP contribution in [0.5, 0.6) is 0 Å². The van der Waals surface area contributed by atoms with Crippen LogP contribution < -0.4 is 5.32 Å². The minimum Gasteiger partial charge on any atom is -0.447 e. The molecule has 9 heteroatoms. The van der Waals surface area contributed by atoms with E-state index >= 15 is 0 Å². The van der Waals surface area contributed by atoms with E-state index in [9.17, 15) is 22.8 Å². The molecular formula is C15H17F3N2O4. The molecule has 1 atom stereocenters. The van der Waals surface area contributed by atoms with Gasteiger partial charge in [0.1, 0.15) is 12.6 Å². The highest BCUT2D eigenvalue weighted by atomic mass is 19.4. The van der Waals surface area contributed by atoms with Crippen LogP contribution in [0, 0.1) is 0 Å². The van der Waals surface area contributed by atoms with Gasteiger partial charge in [0.15, 0.2) is 0 Å². The second-order valence-corrected chi connectivity index (χ2v) is 5.20. The summed E-state index contributed by atoms with van der Waals surface area (Å²) in [6.07, 6.45) is -5.10. The van der Waals surface area contributed by atoms with Crippen LogP contribution in [0.3, 0.4) is 0 Å². The Bertz CT molecular complexity index is 589. The van der Waals surface area contributed by atoms with Gasteiger partial charge in [-0.15, -0.1) is 0 Å². The zero-order valence-electron chi connectivity index (χ0n) is 12.9. The van der Waals surface area contributed by atoms with Crippen LogP contribution >= 0.6 is 0 Å².